The van der Waals surface area contributed by atoms with Crippen molar-refractivity contribution in [3.63, 3.8) is 0 Å². The summed E-state index contributed by atoms with van der Waals surface area (Å²) < 4.78 is 7.53. The molecule has 0 saturated heterocycles. The summed E-state index contributed by atoms with van der Waals surface area (Å²) in [4.78, 5) is 11.2. The predicted molar refractivity (Wildman–Crippen MR) is 95.1 cm³/mol. The highest BCUT2D eigenvalue weighted by molar-refractivity contribution is 5.95. The fraction of sp³-hybridized carbons (Fsp3) is 0.263. The number of nitrogens with zero attached hydrogens (tertiary/aromatic N) is 2. The topological polar surface area (TPSA) is 63.8 Å². The Balaban J connectivity index is 2.12. The molecule has 1 heterocycles. The van der Waals surface area contributed by atoms with Gasteiger partial charge in [0.15, 0.2) is 5.69 Å². The van der Waals surface area contributed by atoms with E-state index >= 15 is 0 Å². The Hall–Kier alpha value is -2.82. The highest BCUT2D eigenvalue weighted by atomic mass is 16.5. The van der Waals surface area contributed by atoms with Crippen molar-refractivity contribution in [2.45, 2.75) is 33.4 Å². The Morgan fingerprint density at radius 2 is 1.96 bits per heavy atom. The van der Waals surface area contributed by atoms with Crippen LogP contribution in [0.3, 0.4) is 0 Å². The second-order valence-corrected chi connectivity index (χ2v) is 6.14. The number of fused-ring (bicyclic) bond motifs is 1. The zero-order valence-electron chi connectivity index (χ0n) is 14.0. The molecule has 5 nitrogen and oxygen atoms in total. The average molecular weight is 324 g/mol. The first-order valence-corrected chi connectivity index (χ1v) is 7.91. The SMILES string of the molecule is Cc1ccc2c(c1)c(N=O)c(O)n2Cc1ccccc1OC(C)C. The number of benzene rings is 2. The Morgan fingerprint density at radius 3 is 2.67 bits per heavy atom. The molecule has 0 amide bonds. The molecule has 24 heavy (non-hydrogen) atoms. The van der Waals surface area contributed by atoms with Crippen molar-refractivity contribution < 1.29 is 9.84 Å². The molecule has 0 spiro atoms. The monoisotopic (exact) mass is 324 g/mol. The summed E-state index contributed by atoms with van der Waals surface area (Å²) in [5, 5.41) is 14.1. The van der Waals surface area contributed by atoms with Crippen molar-refractivity contribution in [1.29, 1.82) is 0 Å². The molecule has 0 bridgehead atoms. The number of ether oxygens (including phenoxy) is 1. The smallest absolute Gasteiger partial charge is 0.222 e. The first-order valence-electron chi connectivity index (χ1n) is 7.91. The van der Waals surface area contributed by atoms with E-state index in [1.165, 1.54) is 0 Å². The lowest BCUT2D eigenvalue weighted by Crippen LogP contribution is -2.09. The normalized spacial score (nSPS) is 11.2. The van der Waals surface area contributed by atoms with E-state index in [0.29, 0.717) is 11.9 Å². The Bertz CT molecular complexity index is 897. The Labute approximate surface area is 140 Å². The highest BCUT2D eigenvalue weighted by Gasteiger charge is 2.19. The van der Waals surface area contributed by atoms with Gasteiger partial charge in [0.1, 0.15) is 5.75 Å². The third-order valence-corrected chi connectivity index (χ3v) is 3.92. The quantitative estimate of drug-likeness (QED) is 0.680. The lowest BCUT2D eigenvalue weighted by Gasteiger charge is -2.15. The third kappa shape index (κ3) is 2.85. The van der Waals surface area contributed by atoms with Crippen LogP contribution < -0.4 is 4.74 Å². The van der Waals surface area contributed by atoms with Gasteiger partial charge < -0.3 is 14.4 Å². The molecule has 0 aliphatic heterocycles. The largest absolute Gasteiger partial charge is 0.493 e. The van der Waals surface area contributed by atoms with Gasteiger partial charge in [0.25, 0.3) is 0 Å². The zero-order chi connectivity index (χ0) is 17.3. The van der Waals surface area contributed by atoms with E-state index in [-0.39, 0.29) is 17.7 Å². The minimum atomic E-state index is -0.120. The van der Waals surface area contributed by atoms with Gasteiger partial charge in [0, 0.05) is 10.9 Å². The van der Waals surface area contributed by atoms with Gasteiger partial charge in [0.05, 0.1) is 18.2 Å². The van der Waals surface area contributed by atoms with Gasteiger partial charge in [-0.2, -0.15) is 0 Å². The van der Waals surface area contributed by atoms with E-state index in [1.807, 2.05) is 63.2 Å². The Morgan fingerprint density at radius 1 is 1.21 bits per heavy atom. The molecule has 1 N–H and O–H groups in total. The minimum absolute atomic E-state index is 0.0519. The summed E-state index contributed by atoms with van der Waals surface area (Å²) in [6.07, 6.45) is 0.0519. The number of rotatable bonds is 5. The van der Waals surface area contributed by atoms with Gasteiger partial charge in [-0.05, 0) is 44.1 Å². The van der Waals surface area contributed by atoms with E-state index < -0.39 is 0 Å². The lowest BCUT2D eigenvalue weighted by molar-refractivity contribution is 0.239. The predicted octanol–water partition coefficient (Wildman–Crippen LogP) is 4.89. The minimum Gasteiger partial charge on any atom is -0.493 e. The summed E-state index contributed by atoms with van der Waals surface area (Å²) in [7, 11) is 0. The standard InChI is InChI=1S/C19H20N2O3/c1-12(2)24-17-7-5-4-6-14(17)11-21-16-9-8-13(3)10-15(16)18(20-23)19(21)22/h4-10,12,22H,11H2,1-3H3. The summed E-state index contributed by atoms with van der Waals surface area (Å²) in [5.74, 6) is 0.645. The van der Waals surface area contributed by atoms with E-state index in [2.05, 4.69) is 5.18 Å². The van der Waals surface area contributed by atoms with Crippen LogP contribution in [0.1, 0.15) is 25.0 Å². The second-order valence-electron chi connectivity index (χ2n) is 6.14. The summed E-state index contributed by atoms with van der Waals surface area (Å²) in [5.41, 5.74) is 2.78. The maximum Gasteiger partial charge on any atom is 0.222 e. The number of hydrogen-bond acceptors (Lipinski definition) is 4. The van der Waals surface area contributed by atoms with Crippen LogP contribution in [-0.2, 0) is 6.54 Å². The van der Waals surface area contributed by atoms with Crippen LogP contribution in [0.2, 0.25) is 0 Å². The molecule has 1 aromatic heterocycles. The number of nitroso groups, excluding NO2 is 1. The van der Waals surface area contributed by atoms with Gasteiger partial charge in [-0.15, -0.1) is 4.91 Å². The number of aromatic hydroxyl groups is 1. The third-order valence-electron chi connectivity index (χ3n) is 3.92. The summed E-state index contributed by atoms with van der Waals surface area (Å²) in [6.45, 7) is 6.27. The molecule has 0 radical (unpaired) electrons. The number of aryl methyl sites for hydroxylation is 1. The van der Waals surface area contributed by atoms with Crippen LogP contribution in [0, 0.1) is 11.8 Å². The molecule has 0 saturated carbocycles. The molecule has 2 aromatic carbocycles. The van der Waals surface area contributed by atoms with Gasteiger partial charge >= 0.3 is 0 Å². The van der Waals surface area contributed by atoms with Crippen molar-refractivity contribution in [2.24, 2.45) is 5.18 Å². The van der Waals surface area contributed by atoms with E-state index in [1.54, 1.807) is 4.57 Å². The molecule has 124 valence electrons. The van der Waals surface area contributed by atoms with Gasteiger partial charge in [0.2, 0.25) is 5.88 Å². The maximum atomic E-state index is 11.2. The molecule has 0 fully saturated rings. The average Bonchev–Trinajstić information content (AvgIpc) is 2.79. The van der Waals surface area contributed by atoms with E-state index in [4.69, 9.17) is 4.74 Å². The van der Waals surface area contributed by atoms with Gasteiger partial charge in [-0.25, -0.2) is 0 Å². The molecule has 0 unspecified atom stereocenters. The van der Waals surface area contributed by atoms with Crippen LogP contribution in [0.25, 0.3) is 10.9 Å². The van der Waals surface area contributed by atoms with Crippen LogP contribution in [0.4, 0.5) is 5.69 Å². The summed E-state index contributed by atoms with van der Waals surface area (Å²) in [6, 6.07) is 13.4. The lowest BCUT2D eigenvalue weighted by atomic mass is 10.1. The molecular formula is C19H20N2O3. The fourth-order valence-electron chi connectivity index (χ4n) is 2.86. The molecule has 0 aliphatic carbocycles. The van der Waals surface area contributed by atoms with Gasteiger partial charge in [-0.3, -0.25) is 0 Å². The summed E-state index contributed by atoms with van der Waals surface area (Å²) >= 11 is 0. The fourth-order valence-corrected chi connectivity index (χ4v) is 2.86. The van der Waals surface area contributed by atoms with Gasteiger partial charge in [-0.1, -0.05) is 29.8 Å². The van der Waals surface area contributed by atoms with E-state index in [9.17, 15) is 10.0 Å². The van der Waals surface area contributed by atoms with Crippen molar-refractivity contribution in [3.05, 3.63) is 58.5 Å². The molecule has 0 atom stereocenters. The maximum absolute atomic E-state index is 11.2. The van der Waals surface area contributed by atoms with Crippen LogP contribution in [0.15, 0.2) is 47.6 Å². The molecular weight excluding hydrogens is 304 g/mol. The molecule has 5 heteroatoms. The zero-order valence-corrected chi connectivity index (χ0v) is 14.0. The second kappa shape index (κ2) is 6.35. The van der Waals surface area contributed by atoms with Crippen molar-refractivity contribution in [2.75, 3.05) is 0 Å². The van der Waals surface area contributed by atoms with Crippen molar-refractivity contribution in [1.82, 2.24) is 4.57 Å². The first-order chi connectivity index (χ1) is 11.5. The Kier molecular flexibility index (Phi) is 4.25. The van der Waals surface area contributed by atoms with Crippen LogP contribution in [0.5, 0.6) is 11.6 Å². The van der Waals surface area contributed by atoms with E-state index in [0.717, 1.165) is 22.4 Å². The van der Waals surface area contributed by atoms with Crippen molar-refractivity contribution in [3.8, 4) is 11.6 Å². The van der Waals surface area contributed by atoms with Crippen LogP contribution in [-0.4, -0.2) is 15.8 Å². The molecule has 3 rings (SSSR count). The molecule has 0 aliphatic rings. The highest BCUT2D eigenvalue weighted by Crippen LogP contribution is 2.39. The molecule has 3 aromatic rings. The number of aromatic nitrogens is 1. The van der Waals surface area contributed by atoms with Crippen LogP contribution >= 0.6 is 0 Å². The first kappa shape index (κ1) is 16.1. The van der Waals surface area contributed by atoms with Crippen molar-refractivity contribution >= 4 is 16.6 Å². The number of hydrogen-bond donors (Lipinski definition) is 1. The number of para-hydroxylation sites is 1.